The zero-order chi connectivity index (χ0) is 24.5. The quantitative estimate of drug-likeness (QED) is 0.343. The third-order valence-electron chi connectivity index (χ3n) is 5.17. The van der Waals surface area contributed by atoms with E-state index in [1.807, 2.05) is 37.3 Å². The number of benzene rings is 3. The van der Waals surface area contributed by atoms with Crippen molar-refractivity contribution in [2.45, 2.75) is 20.1 Å². The summed E-state index contributed by atoms with van der Waals surface area (Å²) < 4.78 is 11.2. The van der Waals surface area contributed by atoms with Crippen LogP contribution in [-0.4, -0.2) is 37.2 Å². The number of carbonyl (C=O) groups excluding carboxylic acids is 2. The van der Waals surface area contributed by atoms with Crippen molar-refractivity contribution >= 4 is 17.5 Å². The third kappa shape index (κ3) is 6.49. The molecule has 178 valence electrons. The van der Waals surface area contributed by atoms with E-state index >= 15 is 0 Å². The summed E-state index contributed by atoms with van der Waals surface area (Å²) in [5, 5.41) is 14.3. The average Bonchev–Trinajstić information content (AvgIpc) is 2.85. The third-order valence-corrected chi connectivity index (χ3v) is 5.17. The second kappa shape index (κ2) is 11.7. The Bertz CT molecular complexity index is 1150. The number of ether oxygens (including phenoxy) is 2. The normalized spacial score (nSPS) is 10.4. The minimum absolute atomic E-state index is 0.106. The number of aryl methyl sites for hydroxylation is 1. The Labute approximate surface area is 198 Å². The molecule has 0 saturated heterocycles. The van der Waals surface area contributed by atoms with Gasteiger partial charge in [0.1, 0.15) is 18.1 Å². The second-order valence-corrected chi connectivity index (χ2v) is 7.72. The van der Waals surface area contributed by atoms with Gasteiger partial charge in [0.2, 0.25) is 0 Å². The molecule has 8 nitrogen and oxygen atoms in total. The minimum Gasteiger partial charge on any atom is -0.495 e. The number of hydrogen-bond donors (Lipinski definition) is 4. The van der Waals surface area contributed by atoms with Gasteiger partial charge in [0, 0.05) is 29.8 Å². The standard InChI is InChI=1S/C26H29N3O5/c1-17-3-6-21(15-29-26(32)20-9-10-22(27)24(14-20)33-2)23(13-17)34-16-18-4-7-19(8-5-18)25(31)28-11-12-30/h3-10,13-14,30H,11-12,15-16,27H2,1-2H3,(H,28,31)(H,29,32). The van der Waals surface area contributed by atoms with Gasteiger partial charge in [-0.15, -0.1) is 0 Å². The molecule has 3 aromatic rings. The monoisotopic (exact) mass is 463 g/mol. The van der Waals surface area contributed by atoms with E-state index in [-0.39, 0.29) is 31.5 Å². The highest BCUT2D eigenvalue weighted by Gasteiger charge is 2.11. The van der Waals surface area contributed by atoms with E-state index in [0.29, 0.717) is 34.9 Å². The molecule has 0 atom stereocenters. The van der Waals surface area contributed by atoms with Crippen molar-refractivity contribution in [1.29, 1.82) is 0 Å². The summed E-state index contributed by atoms with van der Waals surface area (Å²) in [7, 11) is 1.50. The van der Waals surface area contributed by atoms with Crippen LogP contribution in [0.15, 0.2) is 60.7 Å². The SMILES string of the molecule is COc1cc(C(=O)NCc2ccc(C)cc2OCc2ccc(C(=O)NCCO)cc2)ccc1N. The lowest BCUT2D eigenvalue weighted by molar-refractivity contribution is 0.0939. The van der Waals surface area contributed by atoms with Crippen LogP contribution >= 0.6 is 0 Å². The molecule has 0 unspecified atom stereocenters. The first kappa shape index (κ1) is 24.6. The van der Waals surface area contributed by atoms with Crippen LogP contribution in [0, 0.1) is 6.92 Å². The molecule has 3 rings (SSSR count). The molecule has 0 saturated carbocycles. The number of amides is 2. The van der Waals surface area contributed by atoms with Gasteiger partial charge in [0.15, 0.2) is 0 Å². The molecule has 3 aromatic carbocycles. The molecule has 0 aromatic heterocycles. The molecule has 0 fully saturated rings. The zero-order valence-electron chi connectivity index (χ0n) is 19.3. The smallest absolute Gasteiger partial charge is 0.251 e. The number of nitrogen functional groups attached to an aromatic ring is 1. The lowest BCUT2D eigenvalue weighted by Crippen LogP contribution is -2.26. The maximum absolute atomic E-state index is 12.6. The fraction of sp³-hybridized carbons (Fsp3) is 0.231. The maximum atomic E-state index is 12.6. The molecular formula is C26H29N3O5. The van der Waals surface area contributed by atoms with Gasteiger partial charge in [-0.2, -0.15) is 0 Å². The number of aliphatic hydroxyl groups excluding tert-OH is 1. The average molecular weight is 464 g/mol. The minimum atomic E-state index is -0.250. The lowest BCUT2D eigenvalue weighted by Gasteiger charge is -2.14. The van der Waals surface area contributed by atoms with Gasteiger partial charge in [0.25, 0.3) is 11.8 Å². The first-order chi connectivity index (χ1) is 16.4. The first-order valence-corrected chi connectivity index (χ1v) is 10.8. The van der Waals surface area contributed by atoms with Crippen LogP contribution in [0.3, 0.4) is 0 Å². The summed E-state index contributed by atoms with van der Waals surface area (Å²) in [5.41, 5.74) is 10.0. The van der Waals surface area contributed by atoms with Crippen LogP contribution in [0.25, 0.3) is 0 Å². The molecule has 0 aliphatic rings. The van der Waals surface area contributed by atoms with E-state index in [2.05, 4.69) is 10.6 Å². The highest BCUT2D eigenvalue weighted by atomic mass is 16.5. The Kier molecular flexibility index (Phi) is 8.48. The Balaban J connectivity index is 1.63. The molecular weight excluding hydrogens is 434 g/mol. The van der Waals surface area contributed by atoms with Crippen LogP contribution in [0.5, 0.6) is 11.5 Å². The number of nitrogens with one attached hydrogen (secondary N) is 2. The van der Waals surface area contributed by atoms with E-state index in [9.17, 15) is 9.59 Å². The molecule has 0 aliphatic heterocycles. The number of carbonyl (C=O) groups is 2. The van der Waals surface area contributed by atoms with Crippen molar-refractivity contribution in [3.63, 3.8) is 0 Å². The Morgan fingerprint density at radius 3 is 2.32 bits per heavy atom. The first-order valence-electron chi connectivity index (χ1n) is 10.8. The number of rotatable bonds is 10. The van der Waals surface area contributed by atoms with E-state index in [1.54, 1.807) is 30.3 Å². The Morgan fingerprint density at radius 1 is 0.912 bits per heavy atom. The van der Waals surface area contributed by atoms with Crippen LogP contribution in [-0.2, 0) is 13.2 Å². The van der Waals surface area contributed by atoms with E-state index in [1.165, 1.54) is 7.11 Å². The van der Waals surface area contributed by atoms with Gasteiger partial charge in [-0.1, -0.05) is 24.3 Å². The van der Waals surface area contributed by atoms with Crippen LogP contribution in [0.4, 0.5) is 5.69 Å². The topological polar surface area (TPSA) is 123 Å². The van der Waals surface area contributed by atoms with Crippen molar-refractivity contribution in [1.82, 2.24) is 10.6 Å². The molecule has 0 bridgehead atoms. The summed E-state index contributed by atoms with van der Waals surface area (Å²) in [6.07, 6.45) is 0. The van der Waals surface area contributed by atoms with Crippen LogP contribution < -0.4 is 25.8 Å². The van der Waals surface area contributed by atoms with E-state index in [4.69, 9.17) is 20.3 Å². The summed E-state index contributed by atoms with van der Waals surface area (Å²) in [6.45, 7) is 2.66. The van der Waals surface area contributed by atoms with Crippen molar-refractivity contribution in [3.8, 4) is 11.5 Å². The molecule has 0 radical (unpaired) electrons. The number of anilines is 1. The van der Waals surface area contributed by atoms with Gasteiger partial charge in [0.05, 0.1) is 19.4 Å². The summed E-state index contributed by atoms with van der Waals surface area (Å²) in [5.74, 6) is 0.626. The maximum Gasteiger partial charge on any atom is 0.251 e. The van der Waals surface area contributed by atoms with Crippen molar-refractivity contribution < 1.29 is 24.2 Å². The van der Waals surface area contributed by atoms with Crippen molar-refractivity contribution in [2.24, 2.45) is 0 Å². The molecule has 0 heterocycles. The van der Waals surface area contributed by atoms with Crippen molar-refractivity contribution in [2.75, 3.05) is 26.0 Å². The molecule has 34 heavy (non-hydrogen) atoms. The van der Waals surface area contributed by atoms with Gasteiger partial charge in [-0.05, 0) is 54.4 Å². The predicted molar refractivity (Wildman–Crippen MR) is 130 cm³/mol. The van der Waals surface area contributed by atoms with Gasteiger partial charge < -0.3 is 30.9 Å². The number of nitrogens with two attached hydrogens (primary N) is 1. The second-order valence-electron chi connectivity index (χ2n) is 7.72. The number of hydrogen-bond acceptors (Lipinski definition) is 6. The summed E-state index contributed by atoms with van der Waals surface area (Å²) >= 11 is 0. The summed E-state index contributed by atoms with van der Waals surface area (Å²) in [4.78, 5) is 24.6. The van der Waals surface area contributed by atoms with E-state index < -0.39 is 0 Å². The number of aliphatic hydroxyl groups is 1. The summed E-state index contributed by atoms with van der Waals surface area (Å²) in [6, 6.07) is 17.7. The molecule has 2 amide bonds. The highest BCUT2D eigenvalue weighted by Crippen LogP contribution is 2.24. The number of methoxy groups -OCH3 is 1. The van der Waals surface area contributed by atoms with Crippen LogP contribution in [0.2, 0.25) is 0 Å². The predicted octanol–water partition coefficient (Wildman–Crippen LogP) is 2.82. The van der Waals surface area contributed by atoms with E-state index in [0.717, 1.165) is 16.7 Å². The molecule has 8 heteroatoms. The van der Waals surface area contributed by atoms with Gasteiger partial charge >= 0.3 is 0 Å². The molecule has 0 spiro atoms. The Hall–Kier alpha value is -4.04. The van der Waals surface area contributed by atoms with Crippen LogP contribution in [0.1, 0.15) is 37.4 Å². The fourth-order valence-corrected chi connectivity index (χ4v) is 3.26. The molecule has 0 aliphatic carbocycles. The largest absolute Gasteiger partial charge is 0.495 e. The van der Waals surface area contributed by atoms with Gasteiger partial charge in [-0.25, -0.2) is 0 Å². The van der Waals surface area contributed by atoms with Gasteiger partial charge in [-0.3, -0.25) is 9.59 Å². The lowest BCUT2D eigenvalue weighted by atomic mass is 10.1. The fourth-order valence-electron chi connectivity index (χ4n) is 3.26. The zero-order valence-corrected chi connectivity index (χ0v) is 19.3. The van der Waals surface area contributed by atoms with Crippen molar-refractivity contribution in [3.05, 3.63) is 88.5 Å². The highest BCUT2D eigenvalue weighted by molar-refractivity contribution is 5.95. The Morgan fingerprint density at radius 2 is 1.62 bits per heavy atom. The molecule has 5 N–H and O–H groups in total.